The Morgan fingerprint density at radius 1 is 0.919 bits per heavy atom. The maximum atomic E-state index is 13.9. The van der Waals surface area contributed by atoms with Gasteiger partial charge in [-0.15, -0.1) is 0 Å². The summed E-state index contributed by atoms with van der Waals surface area (Å²) in [5.74, 6) is 1.43. The van der Waals surface area contributed by atoms with E-state index in [1.807, 2.05) is 35.2 Å². The van der Waals surface area contributed by atoms with E-state index in [9.17, 15) is 9.59 Å². The average molecular weight is 521 g/mol. The minimum Gasteiger partial charge on any atom is -0.491 e. The molecule has 0 saturated heterocycles. The van der Waals surface area contributed by atoms with E-state index in [1.54, 1.807) is 48.3 Å². The fraction of sp³-hybridized carbons (Fsp3) is 0.310. The summed E-state index contributed by atoms with van der Waals surface area (Å²) < 4.78 is 17.2. The fourth-order valence-electron chi connectivity index (χ4n) is 4.71. The van der Waals surface area contributed by atoms with Crippen molar-refractivity contribution in [3.8, 4) is 17.2 Å². The van der Waals surface area contributed by atoms with E-state index in [0.29, 0.717) is 52.9 Å². The van der Waals surface area contributed by atoms with Crippen LogP contribution >= 0.6 is 11.6 Å². The van der Waals surface area contributed by atoms with E-state index in [-0.39, 0.29) is 31.3 Å². The average Bonchev–Trinajstić information content (AvgIpc) is 3.39. The lowest BCUT2D eigenvalue weighted by Gasteiger charge is -2.33. The van der Waals surface area contributed by atoms with Crippen molar-refractivity contribution in [2.45, 2.75) is 25.3 Å². The Labute approximate surface area is 221 Å². The number of halogens is 1. The zero-order chi connectivity index (χ0) is 25.8. The fourth-order valence-corrected chi connectivity index (χ4v) is 4.88. The second kappa shape index (κ2) is 11.1. The minimum absolute atomic E-state index is 0.0966. The summed E-state index contributed by atoms with van der Waals surface area (Å²) in [5.41, 5.74) is 2.05. The van der Waals surface area contributed by atoms with E-state index in [4.69, 9.17) is 25.8 Å². The number of carbonyl (C=O) groups excluding carboxylic acids is 2. The van der Waals surface area contributed by atoms with Crippen LogP contribution in [0.15, 0.2) is 66.7 Å². The van der Waals surface area contributed by atoms with Gasteiger partial charge in [0.15, 0.2) is 11.5 Å². The molecule has 0 saturated carbocycles. The molecular formula is C29H29ClN2O5. The van der Waals surface area contributed by atoms with E-state index >= 15 is 0 Å². The molecule has 0 aromatic heterocycles. The maximum Gasteiger partial charge on any atom is 0.257 e. The summed E-state index contributed by atoms with van der Waals surface area (Å²) >= 11 is 6.23. The van der Waals surface area contributed by atoms with Crippen molar-refractivity contribution in [2.24, 2.45) is 0 Å². The Hall–Kier alpha value is -3.71. The Balaban J connectivity index is 1.50. The van der Waals surface area contributed by atoms with Crippen LogP contribution in [-0.2, 0) is 6.42 Å². The third-order valence-corrected chi connectivity index (χ3v) is 6.96. The summed E-state index contributed by atoms with van der Waals surface area (Å²) in [6, 6.07) is 20.1. The molecule has 192 valence electrons. The Morgan fingerprint density at radius 2 is 1.68 bits per heavy atom. The number of nitrogens with zero attached hydrogens (tertiary/aromatic N) is 2. The lowest BCUT2D eigenvalue weighted by Crippen LogP contribution is -2.46. The second-order valence-corrected chi connectivity index (χ2v) is 9.73. The summed E-state index contributed by atoms with van der Waals surface area (Å²) in [6.45, 7) is 1.46. The standard InChI is InChI=1S/C29H29ClN2O5/c1-31-13-5-6-14-32(28(33)21-9-11-26-27(16-21)37-19-36-26)23(15-20-7-3-2-4-8-20)18-35-25-12-10-22(30)17-24(25)29(31)34/h2-4,7-12,16-17,23H,5-6,13-15,18-19H2,1H3/t23-/m1/s1. The van der Waals surface area contributed by atoms with Crippen LogP contribution < -0.4 is 14.2 Å². The molecule has 0 aliphatic carbocycles. The van der Waals surface area contributed by atoms with Crippen molar-refractivity contribution in [1.29, 1.82) is 0 Å². The van der Waals surface area contributed by atoms with Gasteiger partial charge < -0.3 is 24.0 Å². The molecule has 0 bridgehead atoms. The molecule has 0 N–H and O–H groups in total. The van der Waals surface area contributed by atoms with Gasteiger partial charge in [0.05, 0.1) is 11.6 Å². The zero-order valence-electron chi connectivity index (χ0n) is 20.7. The highest BCUT2D eigenvalue weighted by Crippen LogP contribution is 2.33. The minimum atomic E-state index is -0.267. The second-order valence-electron chi connectivity index (χ2n) is 9.30. The zero-order valence-corrected chi connectivity index (χ0v) is 21.4. The smallest absolute Gasteiger partial charge is 0.257 e. The van der Waals surface area contributed by atoms with Crippen LogP contribution in [0.4, 0.5) is 0 Å². The van der Waals surface area contributed by atoms with Gasteiger partial charge in [0, 0.05) is 30.7 Å². The molecule has 37 heavy (non-hydrogen) atoms. The molecule has 8 heteroatoms. The molecule has 5 rings (SSSR count). The van der Waals surface area contributed by atoms with Crippen molar-refractivity contribution in [3.63, 3.8) is 0 Å². The highest BCUT2D eigenvalue weighted by Gasteiger charge is 2.29. The normalized spacial score (nSPS) is 17.9. The van der Waals surface area contributed by atoms with Gasteiger partial charge in [-0.05, 0) is 61.2 Å². The molecule has 2 aliphatic heterocycles. The van der Waals surface area contributed by atoms with Crippen molar-refractivity contribution >= 4 is 23.4 Å². The third-order valence-electron chi connectivity index (χ3n) is 6.73. The highest BCUT2D eigenvalue weighted by atomic mass is 35.5. The number of hydrogen-bond acceptors (Lipinski definition) is 5. The molecule has 3 aromatic rings. The molecule has 3 aromatic carbocycles. The highest BCUT2D eigenvalue weighted by molar-refractivity contribution is 6.31. The first-order valence-electron chi connectivity index (χ1n) is 12.4. The molecule has 2 heterocycles. The number of fused-ring (bicyclic) bond motifs is 2. The molecule has 0 unspecified atom stereocenters. The van der Waals surface area contributed by atoms with Gasteiger partial charge in [0.2, 0.25) is 6.79 Å². The van der Waals surface area contributed by atoms with Gasteiger partial charge in [-0.3, -0.25) is 9.59 Å². The van der Waals surface area contributed by atoms with Crippen LogP contribution in [0.1, 0.15) is 39.1 Å². The lowest BCUT2D eigenvalue weighted by atomic mass is 10.0. The monoisotopic (exact) mass is 520 g/mol. The van der Waals surface area contributed by atoms with Crippen LogP contribution in [0, 0.1) is 0 Å². The van der Waals surface area contributed by atoms with E-state index in [2.05, 4.69) is 0 Å². The first-order chi connectivity index (χ1) is 18.0. The van der Waals surface area contributed by atoms with Crippen LogP contribution in [-0.4, -0.2) is 61.2 Å². The molecule has 2 aliphatic rings. The first-order valence-corrected chi connectivity index (χ1v) is 12.8. The van der Waals surface area contributed by atoms with Gasteiger partial charge in [-0.1, -0.05) is 41.9 Å². The summed E-state index contributed by atoms with van der Waals surface area (Å²) in [4.78, 5) is 30.6. The van der Waals surface area contributed by atoms with Crippen LogP contribution in [0.5, 0.6) is 17.2 Å². The SMILES string of the molecule is CN1CCCCN(C(=O)c2ccc3c(c2)OCO3)[C@H](Cc2ccccc2)COc2ccc(Cl)cc2C1=O. The maximum absolute atomic E-state index is 13.9. The molecular weight excluding hydrogens is 492 g/mol. The lowest BCUT2D eigenvalue weighted by molar-refractivity contribution is 0.0590. The van der Waals surface area contributed by atoms with E-state index in [0.717, 1.165) is 18.4 Å². The first kappa shape index (κ1) is 25.0. The molecule has 1 atom stereocenters. The molecule has 7 nitrogen and oxygen atoms in total. The van der Waals surface area contributed by atoms with Gasteiger partial charge in [-0.25, -0.2) is 0 Å². The van der Waals surface area contributed by atoms with E-state index < -0.39 is 0 Å². The Bertz CT molecular complexity index is 1280. The number of amides is 2. The van der Waals surface area contributed by atoms with E-state index in [1.165, 1.54) is 0 Å². The largest absolute Gasteiger partial charge is 0.491 e. The molecule has 0 fully saturated rings. The summed E-state index contributed by atoms with van der Waals surface area (Å²) in [7, 11) is 1.77. The number of hydrogen-bond donors (Lipinski definition) is 0. The van der Waals surface area contributed by atoms with Crippen molar-refractivity contribution in [1.82, 2.24) is 9.80 Å². The third kappa shape index (κ3) is 5.67. The summed E-state index contributed by atoms with van der Waals surface area (Å²) in [6.07, 6.45) is 2.09. The number of ether oxygens (including phenoxy) is 3. The van der Waals surface area contributed by atoms with Gasteiger partial charge in [0.25, 0.3) is 11.8 Å². The number of rotatable bonds is 3. The van der Waals surface area contributed by atoms with Crippen molar-refractivity contribution < 1.29 is 23.8 Å². The van der Waals surface area contributed by atoms with Gasteiger partial charge >= 0.3 is 0 Å². The van der Waals surface area contributed by atoms with Crippen LogP contribution in [0.25, 0.3) is 0 Å². The van der Waals surface area contributed by atoms with Crippen molar-refractivity contribution in [2.75, 3.05) is 33.5 Å². The predicted octanol–water partition coefficient (Wildman–Crippen LogP) is 5.07. The van der Waals surface area contributed by atoms with Gasteiger partial charge in [0.1, 0.15) is 12.4 Å². The molecule has 0 spiro atoms. The topological polar surface area (TPSA) is 68.3 Å². The Kier molecular flexibility index (Phi) is 7.51. The predicted molar refractivity (Wildman–Crippen MR) is 141 cm³/mol. The number of benzene rings is 3. The molecule has 2 amide bonds. The van der Waals surface area contributed by atoms with Crippen LogP contribution in [0.2, 0.25) is 5.02 Å². The van der Waals surface area contributed by atoms with Crippen LogP contribution in [0.3, 0.4) is 0 Å². The van der Waals surface area contributed by atoms with Crippen molar-refractivity contribution in [3.05, 3.63) is 88.4 Å². The van der Waals surface area contributed by atoms with Gasteiger partial charge in [-0.2, -0.15) is 0 Å². The quantitative estimate of drug-likeness (QED) is 0.482. The Morgan fingerprint density at radius 3 is 2.51 bits per heavy atom. The molecule has 0 radical (unpaired) electrons. The number of carbonyl (C=O) groups is 2. The summed E-state index contributed by atoms with van der Waals surface area (Å²) in [5, 5.41) is 0.469.